The summed E-state index contributed by atoms with van der Waals surface area (Å²) in [6.45, 7) is 49.9. The third-order valence-electron chi connectivity index (χ3n) is 29.2. The Labute approximate surface area is 658 Å². The molecule has 11 unspecified atom stereocenters. The molecular formula is C103H208. The average molecular weight is 1450 g/mol. The first-order chi connectivity index (χ1) is 50.4. The van der Waals surface area contributed by atoms with Crippen molar-refractivity contribution in [2.24, 2.45) is 74.9 Å². The molecule has 0 amide bonds. The standard InChI is InChI=1S/C103H208/c1-20-39-54-59-68-80-92(71-36-17)100(93(73-48-29-10)74-49-30-11,91(70-35-16)79-65-56-41-22-3)89-90-102(96(82-62-45-26-7)83-63-46-27-8,97(84-64-47-28-9)85-66-57-42-23-4)103(98(77-52-33-14)86-67-58-43-24-5,99(78-53-34-15)87-69-60-55-40-21-2)101(88-38-19,94(72-37-18)75-50-31-12)95(76-51-32-13)81-61-44-25-6/h91-99H,20-90H2,1-19H3. The van der Waals surface area contributed by atoms with Crippen molar-refractivity contribution in [3.05, 3.63) is 0 Å². The van der Waals surface area contributed by atoms with Crippen LogP contribution in [0.4, 0.5) is 0 Å². The van der Waals surface area contributed by atoms with E-state index in [1.165, 1.54) is 443 Å². The van der Waals surface area contributed by atoms with E-state index in [2.05, 4.69) is 132 Å². The molecule has 0 heteroatoms. The van der Waals surface area contributed by atoms with Crippen LogP contribution < -0.4 is 0 Å². The first kappa shape index (κ1) is 103. The van der Waals surface area contributed by atoms with Crippen LogP contribution in [0.15, 0.2) is 0 Å². The molecule has 103 heavy (non-hydrogen) atoms. The summed E-state index contributed by atoms with van der Waals surface area (Å²) >= 11 is 0. The molecule has 0 N–H and O–H groups in total. The molecule has 0 bridgehead atoms. The number of unbranched alkanes of at least 4 members (excludes halogenated alkanes) is 31. The Balaban J connectivity index is 12.8. The molecule has 620 valence electrons. The third kappa shape index (κ3) is 36.1. The van der Waals surface area contributed by atoms with Gasteiger partial charge in [0.05, 0.1) is 0 Å². The van der Waals surface area contributed by atoms with Crippen LogP contribution in [0.5, 0.6) is 0 Å². The molecule has 0 radical (unpaired) electrons. The Kier molecular flexibility index (Phi) is 69.9. The second kappa shape index (κ2) is 69.9. The van der Waals surface area contributed by atoms with Crippen molar-refractivity contribution >= 4 is 0 Å². The maximum Gasteiger partial charge on any atom is -0.0117 e. The fraction of sp³-hybridized carbons (Fsp3) is 1.00. The van der Waals surface area contributed by atoms with Crippen molar-refractivity contribution < 1.29 is 0 Å². The maximum atomic E-state index is 2.85. The lowest BCUT2D eigenvalue weighted by molar-refractivity contribution is -0.281. The first-order valence-electron chi connectivity index (χ1n) is 50.4. The van der Waals surface area contributed by atoms with Crippen molar-refractivity contribution in [3.63, 3.8) is 0 Å². The Morgan fingerprint density at radius 3 is 0.573 bits per heavy atom. The quantitative estimate of drug-likeness (QED) is 0.0533. The molecule has 0 aromatic heterocycles. The lowest BCUT2D eigenvalue weighted by Gasteiger charge is -2.76. The van der Waals surface area contributed by atoms with Gasteiger partial charge in [-0.15, -0.1) is 0 Å². The molecule has 0 rings (SSSR count). The molecule has 0 aliphatic carbocycles. The second-order valence-corrected chi connectivity index (χ2v) is 36.7. The van der Waals surface area contributed by atoms with Crippen LogP contribution in [0, 0.1) is 74.9 Å². The molecule has 11 atom stereocenters. The molecule has 0 aliphatic rings. The number of rotatable bonds is 83. The summed E-state index contributed by atoms with van der Waals surface area (Å²) in [4.78, 5) is 0. The van der Waals surface area contributed by atoms with Crippen LogP contribution in [0.25, 0.3) is 0 Å². The van der Waals surface area contributed by atoms with E-state index in [9.17, 15) is 0 Å². The van der Waals surface area contributed by atoms with Gasteiger partial charge in [-0.3, -0.25) is 0 Å². The molecule has 0 saturated heterocycles. The number of hydrogen-bond acceptors (Lipinski definition) is 0. The smallest absolute Gasteiger partial charge is 0.0117 e. The highest BCUT2D eigenvalue weighted by molar-refractivity contribution is 5.21. The second-order valence-electron chi connectivity index (χ2n) is 36.7. The highest BCUT2D eigenvalue weighted by atomic mass is 14.8. The van der Waals surface area contributed by atoms with Gasteiger partial charge in [-0.25, -0.2) is 0 Å². The molecule has 0 spiro atoms. The van der Waals surface area contributed by atoms with Gasteiger partial charge >= 0.3 is 0 Å². The topological polar surface area (TPSA) is 0 Å². The summed E-state index contributed by atoms with van der Waals surface area (Å²) in [5.74, 6) is 7.23. The van der Waals surface area contributed by atoms with E-state index in [0.717, 1.165) is 53.3 Å². The fourth-order valence-corrected chi connectivity index (χ4v) is 24.6. The van der Waals surface area contributed by atoms with Gasteiger partial charge in [0.15, 0.2) is 0 Å². The minimum Gasteiger partial charge on any atom is -0.0654 e. The lowest BCUT2D eigenvalue weighted by Crippen LogP contribution is -2.70. The normalized spacial score (nSPS) is 16.7. The number of hydrogen-bond donors (Lipinski definition) is 0. The Morgan fingerprint density at radius 2 is 0.301 bits per heavy atom. The third-order valence-corrected chi connectivity index (χ3v) is 29.2. The highest BCUT2D eigenvalue weighted by Crippen LogP contribution is 2.79. The summed E-state index contributed by atoms with van der Waals surface area (Å²) in [6, 6.07) is 0. The maximum absolute atomic E-state index is 2.85. The zero-order chi connectivity index (χ0) is 76.4. The highest BCUT2D eigenvalue weighted by Gasteiger charge is 2.73. The van der Waals surface area contributed by atoms with Crippen LogP contribution in [0.3, 0.4) is 0 Å². The Morgan fingerprint density at radius 1 is 0.126 bits per heavy atom. The minimum atomic E-state index is 0.232. The van der Waals surface area contributed by atoms with Crippen molar-refractivity contribution in [2.45, 2.75) is 587 Å². The van der Waals surface area contributed by atoms with Crippen LogP contribution in [0.1, 0.15) is 587 Å². The van der Waals surface area contributed by atoms with Crippen molar-refractivity contribution in [1.82, 2.24) is 0 Å². The van der Waals surface area contributed by atoms with Gasteiger partial charge in [0.25, 0.3) is 0 Å². The zero-order valence-electron chi connectivity index (χ0n) is 76.4. The van der Waals surface area contributed by atoms with Crippen LogP contribution in [-0.2, 0) is 0 Å². The van der Waals surface area contributed by atoms with Crippen LogP contribution >= 0.6 is 0 Å². The zero-order valence-corrected chi connectivity index (χ0v) is 76.4. The van der Waals surface area contributed by atoms with Crippen molar-refractivity contribution in [2.75, 3.05) is 0 Å². The van der Waals surface area contributed by atoms with E-state index >= 15 is 0 Å². The molecule has 0 aromatic rings. The van der Waals surface area contributed by atoms with Crippen LogP contribution in [-0.4, -0.2) is 0 Å². The summed E-state index contributed by atoms with van der Waals surface area (Å²) in [7, 11) is 0. The van der Waals surface area contributed by atoms with E-state index in [1.54, 1.807) is 12.8 Å². The molecule has 0 aliphatic heterocycles. The predicted octanol–water partition coefficient (Wildman–Crippen LogP) is 38.6. The van der Waals surface area contributed by atoms with Gasteiger partial charge in [-0.05, 0) is 190 Å². The van der Waals surface area contributed by atoms with Crippen molar-refractivity contribution in [3.8, 4) is 0 Å². The summed E-state index contributed by atoms with van der Waals surface area (Å²) < 4.78 is 0. The van der Waals surface area contributed by atoms with E-state index < -0.39 is 0 Å². The van der Waals surface area contributed by atoms with E-state index in [4.69, 9.17) is 0 Å². The van der Waals surface area contributed by atoms with Crippen LogP contribution in [0.2, 0.25) is 0 Å². The molecule has 0 aromatic carbocycles. The van der Waals surface area contributed by atoms with E-state index in [1.807, 2.05) is 0 Å². The summed E-state index contributed by atoms with van der Waals surface area (Å²) in [6.07, 6.45) is 103. The average Bonchev–Trinajstić information content (AvgIpc) is 0.670. The van der Waals surface area contributed by atoms with E-state index in [0.29, 0.717) is 5.41 Å². The largest absolute Gasteiger partial charge is 0.0654 e. The van der Waals surface area contributed by atoms with Gasteiger partial charge in [-0.2, -0.15) is 0 Å². The Bertz CT molecular complexity index is 1670. The van der Waals surface area contributed by atoms with E-state index in [-0.39, 0.29) is 16.2 Å². The first-order valence-corrected chi connectivity index (χ1v) is 50.4. The monoisotopic (exact) mass is 1450 g/mol. The molecule has 0 saturated carbocycles. The summed E-state index contributed by atoms with van der Waals surface area (Å²) in [5, 5.41) is 0. The fourth-order valence-electron chi connectivity index (χ4n) is 24.6. The SMILES string of the molecule is CCCCCCCC(CCC)C(CCC(C(CCCCC)CCCCC)(C(CCCCC)CCCCCC)C(C(CCCC)CCCCCC)(C(CCCC)CCCCCCC)C(CCC)(C(CCC)CCCC)C(CCCC)CCCCC)(C(CCC)CCCCCC)C(CCCC)CCCC. The lowest BCUT2D eigenvalue weighted by atomic mass is 9.28. The predicted molar refractivity (Wildman–Crippen MR) is 477 cm³/mol. The van der Waals surface area contributed by atoms with Crippen molar-refractivity contribution in [1.29, 1.82) is 0 Å². The molecular weight excluding hydrogens is 1240 g/mol. The molecule has 0 fully saturated rings. The van der Waals surface area contributed by atoms with Gasteiger partial charge in [0.1, 0.15) is 0 Å². The minimum absolute atomic E-state index is 0.232. The van der Waals surface area contributed by atoms with Gasteiger partial charge in [0.2, 0.25) is 0 Å². The van der Waals surface area contributed by atoms with Gasteiger partial charge < -0.3 is 0 Å². The molecule has 0 heterocycles. The van der Waals surface area contributed by atoms with Gasteiger partial charge in [0, 0.05) is 0 Å². The summed E-state index contributed by atoms with van der Waals surface area (Å²) in [5.41, 5.74) is 1.11. The van der Waals surface area contributed by atoms with Gasteiger partial charge in [-0.1, -0.05) is 472 Å². The Hall–Kier alpha value is 0. The molecule has 0 nitrogen and oxygen atoms in total.